The second-order valence-corrected chi connectivity index (χ2v) is 2.88. The van der Waals surface area contributed by atoms with Gasteiger partial charge in [-0.2, -0.15) is 0 Å². The lowest BCUT2D eigenvalue weighted by atomic mass is 10.2. The largest absolute Gasteiger partial charge is 0.129 e. The van der Waals surface area contributed by atoms with Crippen LogP contribution in [0.4, 0.5) is 0 Å². The highest BCUT2D eigenvalue weighted by molar-refractivity contribution is 4.98. The third-order valence-corrected chi connectivity index (χ3v) is 1.39. The van der Waals surface area contributed by atoms with E-state index in [1.165, 1.54) is 18.4 Å². The Morgan fingerprint density at radius 1 is 1.45 bits per heavy atom. The fourth-order valence-electron chi connectivity index (χ4n) is 0.706. The van der Waals surface area contributed by atoms with Crippen molar-refractivity contribution in [2.45, 2.75) is 39.5 Å². The number of rotatable bonds is 5. The summed E-state index contributed by atoms with van der Waals surface area (Å²) in [6.45, 7) is 8.04. The fourth-order valence-corrected chi connectivity index (χ4v) is 0.706. The molecule has 0 aromatic heterocycles. The van der Waals surface area contributed by atoms with Crippen LogP contribution >= 0.6 is 0 Å². The Morgan fingerprint density at radius 3 is 2.73 bits per heavy atom. The number of hydrogen-bond acceptors (Lipinski definition) is 0. The van der Waals surface area contributed by atoms with Gasteiger partial charge in [-0.15, -0.1) is 5.73 Å². The van der Waals surface area contributed by atoms with Crippen LogP contribution in [0.1, 0.15) is 39.5 Å². The van der Waals surface area contributed by atoms with Crippen molar-refractivity contribution < 1.29 is 0 Å². The van der Waals surface area contributed by atoms with Crippen molar-refractivity contribution in [1.82, 2.24) is 0 Å². The van der Waals surface area contributed by atoms with Crippen LogP contribution in [0.5, 0.6) is 0 Å². The fraction of sp³-hybridized carbons (Fsp3) is 0.545. The molecule has 0 radical (unpaired) electrons. The van der Waals surface area contributed by atoms with E-state index >= 15 is 0 Å². The van der Waals surface area contributed by atoms with Crippen molar-refractivity contribution in [1.29, 1.82) is 0 Å². The molecule has 0 aromatic carbocycles. The van der Waals surface area contributed by atoms with E-state index in [4.69, 9.17) is 0 Å². The van der Waals surface area contributed by atoms with Crippen molar-refractivity contribution in [3.63, 3.8) is 0 Å². The van der Waals surface area contributed by atoms with Crippen molar-refractivity contribution >= 4 is 0 Å². The molecule has 0 unspecified atom stereocenters. The summed E-state index contributed by atoms with van der Waals surface area (Å²) in [5.41, 5.74) is 4.34. The molecule has 0 saturated heterocycles. The zero-order valence-electron chi connectivity index (χ0n) is 7.69. The summed E-state index contributed by atoms with van der Waals surface area (Å²) >= 11 is 0. The van der Waals surface area contributed by atoms with Crippen LogP contribution in [0.15, 0.2) is 30.0 Å². The van der Waals surface area contributed by atoms with Crippen LogP contribution < -0.4 is 0 Å². The van der Waals surface area contributed by atoms with Gasteiger partial charge < -0.3 is 0 Å². The molecule has 0 spiro atoms. The molecule has 0 nitrogen and oxygen atoms in total. The molecular formula is C11H18. The van der Waals surface area contributed by atoms with Crippen molar-refractivity contribution in [2.75, 3.05) is 0 Å². The van der Waals surface area contributed by atoms with E-state index in [-0.39, 0.29) is 0 Å². The summed E-state index contributed by atoms with van der Waals surface area (Å²) < 4.78 is 0. The molecule has 0 saturated carbocycles. The van der Waals surface area contributed by atoms with Crippen LogP contribution in [-0.2, 0) is 0 Å². The van der Waals surface area contributed by atoms with Crippen LogP contribution in [0, 0.1) is 0 Å². The molecule has 11 heavy (non-hydrogen) atoms. The molecule has 0 amide bonds. The first kappa shape index (κ1) is 10.3. The Morgan fingerprint density at radius 2 is 2.18 bits per heavy atom. The van der Waals surface area contributed by atoms with Crippen molar-refractivity contribution in [3.8, 4) is 0 Å². The maximum Gasteiger partial charge on any atom is -0.00682 e. The third kappa shape index (κ3) is 9.26. The van der Waals surface area contributed by atoms with E-state index in [0.717, 1.165) is 12.8 Å². The van der Waals surface area contributed by atoms with E-state index in [9.17, 15) is 0 Å². The van der Waals surface area contributed by atoms with Crippen LogP contribution in [-0.4, -0.2) is 0 Å². The molecule has 0 aliphatic rings. The van der Waals surface area contributed by atoms with Gasteiger partial charge in [0.1, 0.15) is 0 Å². The molecule has 0 aliphatic heterocycles. The van der Waals surface area contributed by atoms with Gasteiger partial charge in [0.2, 0.25) is 0 Å². The summed E-state index contributed by atoms with van der Waals surface area (Å²) in [6.07, 6.45) is 8.79. The maximum absolute atomic E-state index is 3.80. The van der Waals surface area contributed by atoms with Gasteiger partial charge in [0, 0.05) is 0 Å². The van der Waals surface area contributed by atoms with Gasteiger partial charge in [-0.25, -0.2) is 0 Å². The minimum atomic E-state index is 0.961. The highest BCUT2D eigenvalue weighted by Crippen LogP contribution is 1.96. The molecule has 0 aromatic rings. The minimum absolute atomic E-state index is 0.961. The third-order valence-electron chi connectivity index (χ3n) is 1.39. The normalized spacial score (nSPS) is 8.55. The molecule has 0 aliphatic carbocycles. The van der Waals surface area contributed by atoms with Crippen molar-refractivity contribution in [2.24, 2.45) is 0 Å². The molecule has 0 bridgehead atoms. The summed E-state index contributed by atoms with van der Waals surface area (Å²) in [5.74, 6) is 0. The van der Waals surface area contributed by atoms with Gasteiger partial charge in [-0.05, 0) is 38.3 Å². The van der Waals surface area contributed by atoms with Crippen LogP contribution in [0.2, 0.25) is 0 Å². The lowest BCUT2D eigenvalue weighted by Crippen LogP contribution is -1.66. The monoisotopic (exact) mass is 150 g/mol. The zero-order chi connectivity index (χ0) is 8.53. The Hall–Kier alpha value is -0.740. The molecular weight excluding hydrogens is 132 g/mol. The van der Waals surface area contributed by atoms with Gasteiger partial charge in [-0.1, -0.05) is 25.5 Å². The van der Waals surface area contributed by atoms with E-state index in [1.54, 1.807) is 0 Å². The summed E-state index contributed by atoms with van der Waals surface area (Å²) in [7, 11) is 0. The van der Waals surface area contributed by atoms with Crippen molar-refractivity contribution in [3.05, 3.63) is 30.0 Å². The highest BCUT2D eigenvalue weighted by Gasteiger charge is 1.77. The first-order valence-electron chi connectivity index (χ1n) is 4.31. The topological polar surface area (TPSA) is 0 Å². The van der Waals surface area contributed by atoms with E-state index in [0.29, 0.717) is 0 Å². The number of unbranched alkanes of at least 4 members (excludes halogenated alkanes) is 2. The van der Waals surface area contributed by atoms with Gasteiger partial charge in [0.05, 0.1) is 0 Å². The predicted octanol–water partition coefficient (Wildman–Crippen LogP) is 3.85. The summed E-state index contributed by atoms with van der Waals surface area (Å²) in [6, 6.07) is 0. The minimum Gasteiger partial charge on any atom is -0.129 e. The van der Waals surface area contributed by atoms with Crippen LogP contribution in [0.25, 0.3) is 0 Å². The lowest BCUT2D eigenvalue weighted by Gasteiger charge is -1.86. The first-order valence-corrected chi connectivity index (χ1v) is 4.31. The van der Waals surface area contributed by atoms with E-state index in [2.05, 4.69) is 25.3 Å². The second kappa shape index (κ2) is 7.37. The van der Waals surface area contributed by atoms with Crippen LogP contribution in [0.3, 0.4) is 0 Å². The summed E-state index contributed by atoms with van der Waals surface area (Å²) in [5, 5.41) is 0. The van der Waals surface area contributed by atoms with Gasteiger partial charge in [-0.3, -0.25) is 0 Å². The molecule has 0 atom stereocenters. The Bertz CT molecular complexity index is 157. The standard InChI is InChI=1S/C11H18/c1-4-5-6-7-8-9-10-11(2)3/h7,9H,2,4-6,10H2,1,3H3. The SMILES string of the molecule is C=C(C)CC=C=CCCCC. The predicted molar refractivity (Wildman–Crippen MR) is 51.6 cm³/mol. The second-order valence-electron chi connectivity index (χ2n) is 2.88. The highest BCUT2D eigenvalue weighted by atomic mass is 13.8. The Kier molecular flexibility index (Phi) is 6.87. The summed E-state index contributed by atoms with van der Waals surface area (Å²) in [4.78, 5) is 0. The maximum atomic E-state index is 3.80. The van der Waals surface area contributed by atoms with Gasteiger partial charge >= 0.3 is 0 Å². The molecule has 0 rings (SSSR count). The zero-order valence-corrected chi connectivity index (χ0v) is 7.69. The molecule has 0 fully saturated rings. The van der Waals surface area contributed by atoms with E-state index in [1.807, 2.05) is 13.0 Å². The van der Waals surface area contributed by atoms with Gasteiger partial charge in [0.15, 0.2) is 0 Å². The van der Waals surface area contributed by atoms with Gasteiger partial charge in [0.25, 0.3) is 0 Å². The number of allylic oxidation sites excluding steroid dienone is 2. The average molecular weight is 150 g/mol. The molecule has 62 valence electrons. The number of hydrogen-bond donors (Lipinski definition) is 0. The Balaban J connectivity index is 3.39. The molecule has 0 heteroatoms. The molecule has 0 N–H and O–H groups in total. The smallest absolute Gasteiger partial charge is 0.00682 e. The Labute approximate surface area is 70.3 Å². The first-order chi connectivity index (χ1) is 5.27. The lowest BCUT2D eigenvalue weighted by molar-refractivity contribution is 0.815. The average Bonchev–Trinajstić information content (AvgIpc) is 1.96. The quantitative estimate of drug-likeness (QED) is 0.317. The molecule has 0 heterocycles. The van der Waals surface area contributed by atoms with E-state index < -0.39 is 0 Å².